The van der Waals surface area contributed by atoms with E-state index in [0.29, 0.717) is 11.3 Å². The van der Waals surface area contributed by atoms with E-state index in [0.717, 1.165) is 12.1 Å². The quantitative estimate of drug-likeness (QED) is 0.183. The molecule has 1 aliphatic carbocycles. The van der Waals surface area contributed by atoms with Crippen molar-refractivity contribution in [2.45, 2.75) is 0 Å². The first kappa shape index (κ1) is 25.7. The fourth-order valence-electron chi connectivity index (χ4n) is 4.05. The molecular formula is C27H12Cl4N2O5. The third-order valence-electron chi connectivity index (χ3n) is 5.81. The smallest absolute Gasteiger partial charge is 0.200 e. The Balaban J connectivity index is 1.79. The molecule has 38 heavy (non-hydrogen) atoms. The summed E-state index contributed by atoms with van der Waals surface area (Å²) in [6, 6.07) is 15.1. The second-order valence-corrected chi connectivity index (χ2v) is 9.63. The zero-order chi connectivity index (χ0) is 27.3. The van der Waals surface area contributed by atoms with Crippen LogP contribution in [0.4, 0.5) is 11.4 Å². The predicted molar refractivity (Wildman–Crippen MR) is 144 cm³/mol. The number of nitrogens with zero attached hydrogens (tertiary/aromatic N) is 1. The van der Waals surface area contributed by atoms with Gasteiger partial charge in [0, 0.05) is 5.69 Å². The molecule has 0 saturated carbocycles. The fraction of sp³-hybridized carbons (Fsp3) is 0. The lowest BCUT2D eigenvalue weighted by molar-refractivity contribution is 0.0974. The molecule has 11 heteroatoms. The fourth-order valence-corrected chi connectivity index (χ4v) is 5.15. The van der Waals surface area contributed by atoms with Gasteiger partial charge in [-0.15, -0.1) is 0 Å². The summed E-state index contributed by atoms with van der Waals surface area (Å²) in [7, 11) is 0. The molecule has 0 heterocycles. The molecule has 1 aliphatic rings. The third-order valence-corrected chi connectivity index (χ3v) is 7.14. The van der Waals surface area contributed by atoms with Gasteiger partial charge in [0.2, 0.25) is 0 Å². The van der Waals surface area contributed by atoms with Gasteiger partial charge in [-0.3, -0.25) is 9.59 Å². The molecule has 0 amide bonds. The van der Waals surface area contributed by atoms with E-state index in [1.54, 1.807) is 30.3 Å². The Labute approximate surface area is 235 Å². The molecule has 0 saturated heterocycles. The highest BCUT2D eigenvalue weighted by molar-refractivity contribution is 6.47. The number of nitrogens with one attached hydrogen (secondary N) is 1. The lowest BCUT2D eigenvalue weighted by Gasteiger charge is -2.25. The van der Waals surface area contributed by atoms with Gasteiger partial charge in [0.1, 0.15) is 17.2 Å². The van der Waals surface area contributed by atoms with Crippen molar-refractivity contribution in [3.63, 3.8) is 0 Å². The van der Waals surface area contributed by atoms with Crippen LogP contribution in [0.3, 0.4) is 0 Å². The Morgan fingerprint density at radius 2 is 1.24 bits per heavy atom. The molecule has 0 aliphatic heterocycles. The monoisotopic (exact) mass is 584 g/mol. The highest BCUT2D eigenvalue weighted by Gasteiger charge is 2.40. The Morgan fingerprint density at radius 3 is 1.76 bits per heavy atom. The minimum atomic E-state index is -0.852. The van der Waals surface area contributed by atoms with Gasteiger partial charge < -0.3 is 20.3 Å². The van der Waals surface area contributed by atoms with E-state index in [-0.39, 0.29) is 48.4 Å². The number of halogens is 4. The van der Waals surface area contributed by atoms with Crippen molar-refractivity contribution in [2.24, 2.45) is 0 Å². The van der Waals surface area contributed by atoms with Crippen LogP contribution < -0.4 is 10.1 Å². The van der Waals surface area contributed by atoms with Gasteiger partial charge in [0.05, 0.1) is 54.0 Å². The topological polar surface area (TPSA) is 120 Å². The van der Waals surface area contributed by atoms with Crippen LogP contribution >= 0.6 is 46.4 Å². The summed E-state index contributed by atoms with van der Waals surface area (Å²) in [4.78, 5) is 27.1. The van der Waals surface area contributed by atoms with E-state index in [4.69, 9.17) is 56.4 Å². The average Bonchev–Trinajstić information content (AvgIpc) is 2.89. The first-order chi connectivity index (χ1) is 18.1. The standard InChI is InChI=1S/C27H12Cl4N2O5/c28-13-2-1-3-14(29)26(13)38-27-22(31)20-19(21(30)23(27)33-12-6-4-11(10-32)5-7-12)24(36)17-15(34)8-9-16(35)18(17)25(20)37/h1-9,33-35H. The van der Waals surface area contributed by atoms with Crippen LogP contribution in [0.25, 0.3) is 0 Å². The number of rotatable bonds is 4. The minimum Gasteiger partial charge on any atom is -0.507 e. The SMILES string of the molecule is N#Cc1ccc(Nc2c(Cl)c3c(c(Cl)c2Oc2c(Cl)cccc2Cl)C(=O)c2c(O)ccc(O)c2C3=O)cc1. The summed E-state index contributed by atoms with van der Waals surface area (Å²) >= 11 is 26.1. The molecule has 0 unspecified atom stereocenters. The van der Waals surface area contributed by atoms with Crippen LogP contribution in [-0.4, -0.2) is 21.8 Å². The molecular weight excluding hydrogens is 574 g/mol. The summed E-state index contributed by atoms with van der Waals surface area (Å²) in [5.41, 5.74) is -0.644. The summed E-state index contributed by atoms with van der Waals surface area (Å²) in [6.45, 7) is 0. The van der Waals surface area contributed by atoms with Gasteiger partial charge in [-0.2, -0.15) is 5.26 Å². The van der Waals surface area contributed by atoms with Crippen LogP contribution in [0.1, 0.15) is 37.4 Å². The Bertz CT molecular complexity index is 1710. The normalized spacial score (nSPS) is 12.0. The number of nitriles is 1. The zero-order valence-corrected chi connectivity index (χ0v) is 21.8. The van der Waals surface area contributed by atoms with E-state index >= 15 is 0 Å². The first-order valence-corrected chi connectivity index (χ1v) is 12.2. The average molecular weight is 586 g/mol. The van der Waals surface area contributed by atoms with E-state index in [9.17, 15) is 19.8 Å². The van der Waals surface area contributed by atoms with Gasteiger partial charge in [-0.1, -0.05) is 52.5 Å². The number of aromatic hydroxyl groups is 2. The van der Waals surface area contributed by atoms with Gasteiger partial charge in [-0.05, 0) is 48.5 Å². The maximum Gasteiger partial charge on any atom is 0.200 e. The van der Waals surface area contributed by atoms with Gasteiger partial charge >= 0.3 is 0 Å². The van der Waals surface area contributed by atoms with E-state index in [1.165, 1.54) is 12.1 Å². The summed E-state index contributed by atoms with van der Waals surface area (Å²) in [5, 5.41) is 32.5. The number of phenolic OH excluding ortho intramolecular Hbond substituents is 2. The van der Waals surface area contributed by atoms with Crippen molar-refractivity contribution in [3.05, 3.63) is 103 Å². The van der Waals surface area contributed by atoms with Gasteiger partial charge in [0.25, 0.3) is 0 Å². The molecule has 0 bridgehead atoms. The van der Waals surface area contributed by atoms with Crippen LogP contribution in [-0.2, 0) is 0 Å². The van der Waals surface area contributed by atoms with Crippen molar-refractivity contribution < 1.29 is 24.5 Å². The number of carbonyl (C=O) groups excluding carboxylic acids is 2. The largest absolute Gasteiger partial charge is 0.507 e. The van der Waals surface area contributed by atoms with Crippen LogP contribution in [0.15, 0.2) is 54.6 Å². The molecule has 7 nitrogen and oxygen atoms in total. The van der Waals surface area contributed by atoms with Crippen molar-refractivity contribution in [3.8, 4) is 29.1 Å². The Kier molecular flexibility index (Phi) is 6.59. The molecule has 4 aromatic carbocycles. The number of phenols is 2. The van der Waals surface area contributed by atoms with E-state index in [2.05, 4.69) is 5.32 Å². The number of carbonyl (C=O) groups is 2. The van der Waals surface area contributed by atoms with Crippen LogP contribution in [0, 0.1) is 11.3 Å². The lowest BCUT2D eigenvalue weighted by Crippen LogP contribution is -2.23. The summed E-state index contributed by atoms with van der Waals surface area (Å²) < 4.78 is 6.02. The highest BCUT2D eigenvalue weighted by atomic mass is 35.5. The highest BCUT2D eigenvalue weighted by Crippen LogP contribution is 2.52. The van der Waals surface area contributed by atoms with Crippen molar-refractivity contribution in [1.82, 2.24) is 0 Å². The third kappa shape index (κ3) is 4.08. The van der Waals surface area contributed by atoms with Crippen molar-refractivity contribution >= 4 is 69.3 Å². The maximum absolute atomic E-state index is 13.6. The number of hydrogen-bond acceptors (Lipinski definition) is 7. The number of hydrogen-bond donors (Lipinski definition) is 3. The van der Waals surface area contributed by atoms with E-state index < -0.39 is 34.2 Å². The minimum absolute atomic E-state index is 0.00658. The molecule has 0 radical (unpaired) electrons. The number of benzene rings is 4. The Hall–Kier alpha value is -3.93. The number of fused-ring (bicyclic) bond motifs is 2. The molecule has 0 aromatic heterocycles. The second-order valence-electron chi connectivity index (χ2n) is 8.06. The predicted octanol–water partition coefficient (Wildman–Crippen LogP) is 7.89. The van der Waals surface area contributed by atoms with Gasteiger partial charge in [0.15, 0.2) is 23.1 Å². The first-order valence-electron chi connectivity index (χ1n) is 10.7. The van der Waals surface area contributed by atoms with Gasteiger partial charge in [-0.25, -0.2) is 0 Å². The van der Waals surface area contributed by atoms with Crippen LogP contribution in [0.5, 0.6) is 23.0 Å². The molecule has 5 rings (SSSR count). The molecule has 0 atom stereocenters. The molecule has 188 valence electrons. The maximum atomic E-state index is 13.6. The number of anilines is 2. The number of ether oxygens (including phenoxy) is 1. The molecule has 0 spiro atoms. The molecule has 3 N–H and O–H groups in total. The summed E-state index contributed by atoms with van der Waals surface area (Å²) in [5.74, 6) is -2.90. The van der Waals surface area contributed by atoms with Crippen molar-refractivity contribution in [2.75, 3.05) is 5.32 Å². The number of ketones is 2. The zero-order valence-electron chi connectivity index (χ0n) is 18.8. The van der Waals surface area contributed by atoms with Crippen molar-refractivity contribution in [1.29, 1.82) is 5.26 Å². The van der Waals surface area contributed by atoms with E-state index in [1.807, 2.05) is 6.07 Å². The lowest BCUT2D eigenvalue weighted by atomic mass is 9.82. The second kappa shape index (κ2) is 9.75. The van der Waals surface area contributed by atoms with Crippen LogP contribution in [0.2, 0.25) is 20.1 Å². The molecule has 0 fully saturated rings. The summed E-state index contributed by atoms with van der Waals surface area (Å²) in [6.07, 6.45) is 0. The molecule has 4 aromatic rings. The Morgan fingerprint density at radius 1 is 0.711 bits per heavy atom. The number of para-hydroxylation sites is 1.